The quantitative estimate of drug-likeness (QED) is 0.586. The molecule has 0 aliphatic rings. The number of aliphatic hydroxyl groups excluding tert-OH is 1. The Bertz CT molecular complexity index is 298. The van der Waals surface area contributed by atoms with E-state index in [2.05, 4.69) is 9.46 Å². The summed E-state index contributed by atoms with van der Waals surface area (Å²) < 4.78 is 28.8. The van der Waals surface area contributed by atoms with E-state index in [-0.39, 0.29) is 12.5 Å². The van der Waals surface area contributed by atoms with Gasteiger partial charge in [-0.05, 0) is 5.92 Å². The number of ether oxygens (including phenoxy) is 1. The molecule has 1 atom stereocenters. The zero-order valence-corrected chi connectivity index (χ0v) is 9.87. The molecule has 0 aliphatic carbocycles. The molecule has 7 heteroatoms. The lowest BCUT2D eigenvalue weighted by molar-refractivity contribution is -0.137. The van der Waals surface area contributed by atoms with Gasteiger partial charge >= 0.3 is 5.97 Å². The van der Waals surface area contributed by atoms with E-state index in [1.165, 1.54) is 0 Å². The van der Waals surface area contributed by atoms with Crippen molar-refractivity contribution >= 4 is 16.0 Å². The third kappa shape index (κ3) is 6.43. The highest BCUT2D eigenvalue weighted by Gasteiger charge is 2.18. The lowest BCUT2D eigenvalue weighted by Gasteiger charge is -2.14. The van der Waals surface area contributed by atoms with Gasteiger partial charge in [0.05, 0.1) is 13.2 Å². The van der Waals surface area contributed by atoms with Gasteiger partial charge in [-0.15, -0.1) is 0 Å². The van der Waals surface area contributed by atoms with Crippen molar-refractivity contribution in [3.05, 3.63) is 0 Å². The number of esters is 1. The van der Waals surface area contributed by atoms with Gasteiger partial charge in [0.25, 0.3) is 0 Å². The first-order valence-corrected chi connectivity index (χ1v) is 6.16. The fourth-order valence-electron chi connectivity index (χ4n) is 0.713. The fraction of sp³-hybridized carbons (Fsp3) is 0.875. The van der Waals surface area contributed by atoms with E-state index < -0.39 is 27.8 Å². The van der Waals surface area contributed by atoms with Gasteiger partial charge in [-0.2, -0.15) is 0 Å². The molecule has 15 heavy (non-hydrogen) atoms. The second-order valence-corrected chi connectivity index (χ2v) is 5.30. The first kappa shape index (κ1) is 14.3. The van der Waals surface area contributed by atoms with Crippen molar-refractivity contribution in [1.82, 2.24) is 4.72 Å². The minimum absolute atomic E-state index is 0.0502. The van der Waals surface area contributed by atoms with Crippen LogP contribution in [0.1, 0.15) is 13.8 Å². The molecule has 0 saturated carbocycles. The summed E-state index contributed by atoms with van der Waals surface area (Å²) in [5, 5.41) is 9.34. The topological polar surface area (TPSA) is 92.7 Å². The molecule has 90 valence electrons. The molecule has 2 N–H and O–H groups in total. The van der Waals surface area contributed by atoms with Crippen LogP contribution in [0.3, 0.4) is 0 Å². The average molecular weight is 239 g/mol. The van der Waals surface area contributed by atoms with Crippen LogP contribution in [0.5, 0.6) is 0 Å². The fourth-order valence-corrected chi connectivity index (χ4v) is 1.67. The second-order valence-electron chi connectivity index (χ2n) is 3.50. The lowest BCUT2D eigenvalue weighted by Crippen LogP contribution is -2.37. The maximum Gasteiger partial charge on any atom is 0.322 e. The lowest BCUT2D eigenvalue weighted by atomic mass is 10.1. The molecule has 0 aromatic carbocycles. The van der Waals surface area contributed by atoms with Crippen LogP contribution in [0.2, 0.25) is 0 Å². The Hall–Kier alpha value is -0.660. The van der Waals surface area contributed by atoms with Crippen LogP contribution in [0.15, 0.2) is 0 Å². The monoisotopic (exact) mass is 239 g/mol. The van der Waals surface area contributed by atoms with Crippen LogP contribution in [-0.2, 0) is 19.6 Å². The molecule has 0 saturated heterocycles. The summed E-state index contributed by atoms with van der Waals surface area (Å²) in [6.07, 6.45) is -0.766. The number of methoxy groups -OCH3 is 1. The third-order valence-corrected chi connectivity index (χ3v) is 3.04. The highest BCUT2D eigenvalue weighted by Crippen LogP contribution is 1.99. The van der Waals surface area contributed by atoms with Crippen molar-refractivity contribution in [2.75, 3.05) is 19.4 Å². The largest absolute Gasteiger partial charge is 0.468 e. The minimum atomic E-state index is -3.71. The summed E-state index contributed by atoms with van der Waals surface area (Å²) in [7, 11) is -2.59. The number of aliphatic hydroxyl groups is 1. The Morgan fingerprint density at radius 3 is 2.40 bits per heavy atom. The highest BCUT2D eigenvalue weighted by molar-refractivity contribution is 7.90. The number of hydrogen-bond acceptors (Lipinski definition) is 5. The maximum atomic E-state index is 11.2. The summed E-state index contributed by atoms with van der Waals surface area (Å²) >= 11 is 0. The summed E-state index contributed by atoms with van der Waals surface area (Å²) in [5.41, 5.74) is 0. The summed E-state index contributed by atoms with van der Waals surface area (Å²) in [6, 6.07) is 0. The van der Waals surface area contributed by atoms with Crippen LogP contribution in [0, 0.1) is 5.92 Å². The predicted octanol–water partition coefficient (Wildman–Crippen LogP) is -0.904. The molecule has 0 radical (unpaired) electrons. The Morgan fingerprint density at radius 1 is 1.47 bits per heavy atom. The van der Waals surface area contributed by atoms with Crippen molar-refractivity contribution in [2.24, 2.45) is 5.92 Å². The van der Waals surface area contributed by atoms with Gasteiger partial charge in [0.15, 0.2) is 5.75 Å². The number of nitrogens with one attached hydrogen (secondary N) is 1. The van der Waals surface area contributed by atoms with Crippen molar-refractivity contribution in [1.29, 1.82) is 0 Å². The Kier molecular flexibility index (Phi) is 5.77. The number of rotatable bonds is 6. The molecule has 1 unspecified atom stereocenters. The summed E-state index contributed by atoms with van der Waals surface area (Å²) in [6.45, 7) is 3.43. The zero-order valence-electron chi connectivity index (χ0n) is 9.06. The number of hydrogen-bond donors (Lipinski definition) is 2. The minimum Gasteiger partial charge on any atom is -0.468 e. The van der Waals surface area contributed by atoms with Gasteiger partial charge < -0.3 is 9.84 Å². The van der Waals surface area contributed by atoms with E-state index in [0.717, 1.165) is 7.11 Å². The van der Waals surface area contributed by atoms with Gasteiger partial charge in [-0.3, -0.25) is 4.79 Å². The summed E-state index contributed by atoms with van der Waals surface area (Å²) in [4.78, 5) is 10.7. The molecule has 0 bridgehead atoms. The van der Waals surface area contributed by atoms with E-state index in [0.29, 0.717) is 0 Å². The number of carbonyl (C=O) groups is 1. The normalized spacial score (nSPS) is 13.9. The molecule has 0 amide bonds. The average Bonchev–Trinajstić information content (AvgIpc) is 2.13. The Labute approximate surface area is 89.7 Å². The van der Waals surface area contributed by atoms with E-state index in [1.807, 2.05) is 0 Å². The van der Waals surface area contributed by atoms with Crippen molar-refractivity contribution in [3.8, 4) is 0 Å². The van der Waals surface area contributed by atoms with Gasteiger partial charge in [0.2, 0.25) is 10.0 Å². The molecule has 0 fully saturated rings. The van der Waals surface area contributed by atoms with E-state index in [4.69, 9.17) is 0 Å². The second kappa shape index (κ2) is 6.04. The first-order chi connectivity index (χ1) is 6.78. The van der Waals surface area contributed by atoms with Gasteiger partial charge in [0.1, 0.15) is 0 Å². The molecule has 0 aromatic heterocycles. The van der Waals surface area contributed by atoms with Crippen molar-refractivity contribution < 1.29 is 23.1 Å². The Balaban J connectivity index is 4.11. The maximum absolute atomic E-state index is 11.2. The smallest absolute Gasteiger partial charge is 0.322 e. The SMILES string of the molecule is COC(=O)CS(=O)(=O)NCC(O)C(C)C. The standard InChI is InChI=1S/C8H17NO5S/c1-6(2)7(10)4-9-15(12,13)5-8(11)14-3/h6-7,9-10H,4-5H2,1-3H3. The predicted molar refractivity (Wildman–Crippen MR) is 54.7 cm³/mol. The van der Waals surface area contributed by atoms with E-state index in [9.17, 15) is 18.3 Å². The molecule has 6 nitrogen and oxygen atoms in total. The molecule has 0 aliphatic heterocycles. The van der Waals surface area contributed by atoms with Crippen LogP contribution in [0.4, 0.5) is 0 Å². The van der Waals surface area contributed by atoms with Crippen LogP contribution in [0.25, 0.3) is 0 Å². The first-order valence-electron chi connectivity index (χ1n) is 4.50. The number of sulfonamides is 1. The molecule has 0 aromatic rings. The van der Waals surface area contributed by atoms with Crippen molar-refractivity contribution in [3.63, 3.8) is 0 Å². The van der Waals surface area contributed by atoms with Gasteiger partial charge in [0, 0.05) is 6.54 Å². The van der Waals surface area contributed by atoms with Crippen LogP contribution >= 0.6 is 0 Å². The van der Waals surface area contributed by atoms with Crippen molar-refractivity contribution in [2.45, 2.75) is 20.0 Å². The molecular formula is C8H17NO5S. The molecule has 0 spiro atoms. The molecule has 0 rings (SSSR count). The highest BCUT2D eigenvalue weighted by atomic mass is 32.2. The van der Waals surface area contributed by atoms with Crippen LogP contribution in [-0.4, -0.2) is 45.0 Å². The summed E-state index contributed by atoms with van der Waals surface area (Å²) in [5.74, 6) is -1.61. The van der Waals surface area contributed by atoms with E-state index in [1.54, 1.807) is 13.8 Å². The van der Waals surface area contributed by atoms with Gasteiger partial charge in [-0.1, -0.05) is 13.8 Å². The number of carbonyl (C=O) groups excluding carboxylic acids is 1. The van der Waals surface area contributed by atoms with E-state index >= 15 is 0 Å². The molecule has 0 heterocycles. The molecular weight excluding hydrogens is 222 g/mol. The van der Waals surface area contributed by atoms with Crippen LogP contribution < -0.4 is 4.72 Å². The van der Waals surface area contributed by atoms with Gasteiger partial charge in [-0.25, -0.2) is 13.1 Å². The Morgan fingerprint density at radius 2 is 2.00 bits per heavy atom. The third-order valence-electron chi connectivity index (χ3n) is 1.82. The zero-order chi connectivity index (χ0) is 12.1.